The van der Waals surface area contributed by atoms with E-state index in [-0.39, 0.29) is 11.1 Å². The fourth-order valence-corrected chi connectivity index (χ4v) is 2.89. The van der Waals surface area contributed by atoms with Crippen molar-refractivity contribution in [3.63, 3.8) is 0 Å². The topological polar surface area (TPSA) is 200 Å². The molecule has 0 aromatic carbocycles. The molecule has 1 aliphatic rings. The van der Waals surface area contributed by atoms with Crippen molar-refractivity contribution < 1.29 is 49.7 Å². The number of aliphatic hydroxyl groups is 6. The molecule has 2 aromatic rings. The number of hydrogen-bond donors (Lipinski definition) is 6. The number of esters is 2. The Labute approximate surface area is 168 Å². The van der Waals surface area contributed by atoms with Gasteiger partial charge in [-0.1, -0.05) is 0 Å². The van der Waals surface area contributed by atoms with Crippen LogP contribution in [0.25, 0.3) is 0 Å². The molecule has 1 aliphatic carbocycles. The van der Waals surface area contributed by atoms with Gasteiger partial charge in [-0.05, 0) is 24.3 Å². The largest absolute Gasteiger partial charge is 0.419 e. The summed E-state index contributed by atoms with van der Waals surface area (Å²) >= 11 is 0. The second-order valence-electron chi connectivity index (χ2n) is 6.53. The normalized spacial score (nSPS) is 33.5. The van der Waals surface area contributed by atoms with Gasteiger partial charge in [0.25, 0.3) is 0 Å². The van der Waals surface area contributed by atoms with Crippen molar-refractivity contribution in [2.75, 3.05) is 0 Å². The summed E-state index contributed by atoms with van der Waals surface area (Å²) in [5.41, 5.74) is -0.483. The Bertz CT molecular complexity index is 838. The third-order valence-corrected chi connectivity index (χ3v) is 4.60. The third kappa shape index (κ3) is 3.52. The Morgan fingerprint density at radius 2 is 1.13 bits per heavy atom. The average Bonchev–Trinajstić information content (AvgIpc) is 2.77. The molecule has 2 aromatic heterocycles. The molecule has 2 heterocycles. The number of aliphatic hydroxyl groups excluding tert-OH is 4. The highest BCUT2D eigenvalue weighted by molar-refractivity contribution is 5.90. The van der Waals surface area contributed by atoms with E-state index in [1.165, 1.54) is 36.7 Å². The van der Waals surface area contributed by atoms with Crippen molar-refractivity contribution in [2.24, 2.45) is 0 Å². The second kappa shape index (κ2) is 8.02. The first-order valence-corrected chi connectivity index (χ1v) is 8.55. The van der Waals surface area contributed by atoms with Gasteiger partial charge in [-0.3, -0.25) is 9.97 Å². The average molecular weight is 422 g/mol. The molecule has 0 amide bonds. The van der Waals surface area contributed by atoms with Crippen LogP contribution in [0.5, 0.6) is 0 Å². The van der Waals surface area contributed by atoms with Crippen LogP contribution in [0.4, 0.5) is 0 Å². The van der Waals surface area contributed by atoms with Crippen LogP contribution in [0.15, 0.2) is 49.1 Å². The van der Waals surface area contributed by atoms with Crippen molar-refractivity contribution >= 4 is 11.9 Å². The van der Waals surface area contributed by atoms with E-state index in [1.54, 1.807) is 0 Å². The van der Waals surface area contributed by atoms with Crippen LogP contribution < -0.4 is 0 Å². The first-order chi connectivity index (χ1) is 14.1. The molecule has 0 aliphatic heterocycles. The molecule has 6 N–H and O–H groups in total. The van der Waals surface area contributed by atoms with Gasteiger partial charge in [0.2, 0.25) is 0 Å². The van der Waals surface area contributed by atoms with Crippen molar-refractivity contribution in [1.29, 1.82) is 0 Å². The van der Waals surface area contributed by atoms with Crippen LogP contribution >= 0.6 is 0 Å². The summed E-state index contributed by atoms with van der Waals surface area (Å²) in [5.74, 6) is -9.88. The minimum absolute atomic E-state index is 0.242. The lowest BCUT2D eigenvalue weighted by molar-refractivity contribution is -0.437. The third-order valence-electron chi connectivity index (χ3n) is 4.60. The summed E-state index contributed by atoms with van der Waals surface area (Å²) in [6.45, 7) is 0. The fourth-order valence-electron chi connectivity index (χ4n) is 2.89. The van der Waals surface area contributed by atoms with Crippen LogP contribution in [0.1, 0.15) is 20.7 Å². The quantitative estimate of drug-likeness (QED) is 0.221. The Hall–Kier alpha value is -3.00. The summed E-state index contributed by atoms with van der Waals surface area (Å²) < 4.78 is 9.54. The number of ether oxygens (including phenoxy) is 2. The van der Waals surface area contributed by atoms with E-state index in [0.29, 0.717) is 0 Å². The van der Waals surface area contributed by atoms with Gasteiger partial charge in [-0.25, -0.2) is 9.59 Å². The number of rotatable bonds is 4. The maximum absolute atomic E-state index is 12.4. The van der Waals surface area contributed by atoms with E-state index in [0.717, 1.165) is 12.4 Å². The van der Waals surface area contributed by atoms with Crippen LogP contribution in [-0.4, -0.2) is 88.5 Å². The summed E-state index contributed by atoms with van der Waals surface area (Å²) in [7, 11) is 0. The summed E-state index contributed by atoms with van der Waals surface area (Å²) in [6, 6.07) is 5.13. The van der Waals surface area contributed by atoms with Crippen molar-refractivity contribution in [3.05, 3.63) is 60.2 Å². The number of carbonyl (C=O) groups excluding carboxylic acids is 2. The molecule has 12 nitrogen and oxygen atoms in total. The van der Waals surface area contributed by atoms with Gasteiger partial charge in [-0.15, -0.1) is 0 Å². The zero-order valence-corrected chi connectivity index (χ0v) is 15.1. The summed E-state index contributed by atoms with van der Waals surface area (Å²) in [4.78, 5) is 32.1. The SMILES string of the molecule is O=C(O[C@@]1(O)[C@@H](O)[C@H](O)[C@@H](O)[C@@H](O)[C@@]1(O)OC(=O)c1cccnc1)c1cccnc1. The number of hydrogen-bond acceptors (Lipinski definition) is 12. The lowest BCUT2D eigenvalue weighted by Gasteiger charge is -2.51. The number of pyridine rings is 2. The van der Waals surface area contributed by atoms with E-state index < -0.39 is 47.9 Å². The zero-order valence-electron chi connectivity index (χ0n) is 15.1. The minimum Gasteiger partial charge on any atom is -0.419 e. The maximum Gasteiger partial charge on any atom is 0.342 e. The first-order valence-electron chi connectivity index (χ1n) is 8.55. The summed E-state index contributed by atoms with van der Waals surface area (Å²) in [5, 5.41) is 62.1. The first kappa shape index (κ1) is 21.7. The minimum atomic E-state index is -3.59. The molecule has 0 radical (unpaired) electrons. The molecule has 1 saturated carbocycles. The number of aromatic nitrogens is 2. The maximum atomic E-state index is 12.4. The lowest BCUT2D eigenvalue weighted by atomic mass is 9.79. The standard InChI is InChI=1S/C18H18N2O10/c21-11-12(22)14(24)18(28,30-16(26)10-4-2-6-20-8-10)17(27,13(11)23)29-15(25)9-3-1-5-19-7-9/h1-8,11-14,21-24,27-28H/t11-,12-,13-,14+,17-,18+/m1/s1. The molecular formula is C18H18N2O10. The smallest absolute Gasteiger partial charge is 0.342 e. The highest BCUT2D eigenvalue weighted by Gasteiger charge is 2.72. The second-order valence-corrected chi connectivity index (χ2v) is 6.53. The summed E-state index contributed by atoms with van der Waals surface area (Å²) in [6.07, 6.45) is -5.04. The van der Waals surface area contributed by atoms with Gasteiger partial charge in [0.15, 0.2) is 12.2 Å². The van der Waals surface area contributed by atoms with E-state index in [9.17, 15) is 40.2 Å². The predicted octanol–water partition coefficient (Wildman–Crippen LogP) is -2.68. The number of carbonyl (C=O) groups is 2. The zero-order chi connectivity index (χ0) is 22.1. The lowest BCUT2D eigenvalue weighted by Crippen LogP contribution is -2.79. The van der Waals surface area contributed by atoms with Gasteiger partial charge in [-0.2, -0.15) is 0 Å². The molecular weight excluding hydrogens is 404 g/mol. The highest BCUT2D eigenvalue weighted by atomic mass is 16.8. The molecule has 160 valence electrons. The molecule has 0 spiro atoms. The molecule has 6 atom stereocenters. The monoisotopic (exact) mass is 422 g/mol. The fraction of sp³-hybridized carbons (Fsp3) is 0.333. The number of nitrogens with zero attached hydrogens (tertiary/aromatic N) is 2. The molecule has 30 heavy (non-hydrogen) atoms. The van der Waals surface area contributed by atoms with Crippen molar-refractivity contribution in [1.82, 2.24) is 9.97 Å². The Morgan fingerprint density at radius 1 is 0.767 bits per heavy atom. The van der Waals surface area contributed by atoms with Gasteiger partial charge >= 0.3 is 23.5 Å². The molecule has 0 bridgehead atoms. The van der Waals surface area contributed by atoms with Gasteiger partial charge in [0.05, 0.1) is 11.1 Å². The van der Waals surface area contributed by atoms with Crippen LogP contribution in [0.3, 0.4) is 0 Å². The van der Waals surface area contributed by atoms with Crippen molar-refractivity contribution in [3.8, 4) is 0 Å². The van der Waals surface area contributed by atoms with Crippen molar-refractivity contribution in [2.45, 2.75) is 36.0 Å². The van der Waals surface area contributed by atoms with Gasteiger partial charge < -0.3 is 40.1 Å². The molecule has 3 rings (SSSR count). The van der Waals surface area contributed by atoms with E-state index in [2.05, 4.69) is 9.97 Å². The molecule has 12 heteroatoms. The van der Waals surface area contributed by atoms with Gasteiger partial charge in [0, 0.05) is 24.8 Å². The van der Waals surface area contributed by atoms with E-state index in [1.807, 2.05) is 0 Å². The van der Waals surface area contributed by atoms with E-state index in [4.69, 9.17) is 9.47 Å². The van der Waals surface area contributed by atoms with Crippen LogP contribution in [-0.2, 0) is 9.47 Å². The molecule has 1 fully saturated rings. The predicted molar refractivity (Wildman–Crippen MR) is 93.2 cm³/mol. The Balaban J connectivity index is 2.01. The van der Waals surface area contributed by atoms with Gasteiger partial charge in [0.1, 0.15) is 12.2 Å². The van der Waals surface area contributed by atoms with E-state index >= 15 is 0 Å². The highest BCUT2D eigenvalue weighted by Crippen LogP contribution is 2.41. The molecule has 0 unspecified atom stereocenters. The Morgan fingerprint density at radius 3 is 1.43 bits per heavy atom. The van der Waals surface area contributed by atoms with Crippen LogP contribution in [0, 0.1) is 0 Å². The Kier molecular flexibility index (Phi) is 5.81. The van der Waals surface area contributed by atoms with Crippen LogP contribution in [0.2, 0.25) is 0 Å². The molecule has 0 saturated heterocycles.